The van der Waals surface area contributed by atoms with Crippen LogP contribution in [0.1, 0.15) is 26.2 Å². The molecule has 0 unspecified atom stereocenters. The van der Waals surface area contributed by atoms with Gasteiger partial charge in [-0.05, 0) is 25.3 Å². The topological polar surface area (TPSA) is 17.1 Å². The molecule has 0 aromatic heterocycles. The number of ketones is 1. The fourth-order valence-corrected chi connectivity index (χ4v) is 1.60. The van der Waals surface area contributed by atoms with Gasteiger partial charge in [-0.3, -0.25) is 4.79 Å². The molecular weight excluding hydrogens is 203 g/mol. The molecule has 76 valence electrons. The first-order valence-corrected chi connectivity index (χ1v) is 4.86. The highest BCUT2D eigenvalue weighted by molar-refractivity contribution is 6.30. The number of carbonyl (C=O) groups is 1. The van der Waals surface area contributed by atoms with Crippen LogP contribution in [0.15, 0.2) is 34.7 Å². The Hall–Kier alpha value is -0.890. The highest BCUT2D eigenvalue weighted by atomic mass is 35.5. The van der Waals surface area contributed by atoms with Gasteiger partial charge >= 0.3 is 0 Å². The zero-order valence-electron chi connectivity index (χ0n) is 8.07. The van der Waals surface area contributed by atoms with Crippen LogP contribution in [0.25, 0.3) is 0 Å². The summed E-state index contributed by atoms with van der Waals surface area (Å²) >= 11 is 5.53. The Balaban J connectivity index is 3.25. The molecule has 0 spiro atoms. The molecule has 1 aliphatic rings. The highest BCUT2D eigenvalue weighted by Crippen LogP contribution is 2.31. The second-order valence-electron chi connectivity index (χ2n) is 3.23. The Labute approximate surface area is 87.9 Å². The van der Waals surface area contributed by atoms with Gasteiger partial charge in [-0.2, -0.15) is 0 Å². The lowest BCUT2D eigenvalue weighted by molar-refractivity contribution is -0.115. The highest BCUT2D eigenvalue weighted by Gasteiger charge is 2.23. The zero-order valence-corrected chi connectivity index (χ0v) is 8.83. The molecule has 0 saturated carbocycles. The quantitative estimate of drug-likeness (QED) is 0.686. The molecule has 1 aliphatic carbocycles. The number of halogens is 2. The molecule has 14 heavy (non-hydrogen) atoms. The third-order valence-electron chi connectivity index (χ3n) is 2.22. The Morgan fingerprint density at radius 1 is 1.57 bits per heavy atom. The SMILES string of the molecule is C=CC1=C(/C(F)=C(\C)Cl)C(=O)CCC1. The second-order valence-corrected chi connectivity index (χ2v) is 3.80. The molecule has 0 aromatic rings. The molecule has 1 rings (SSSR count). The van der Waals surface area contributed by atoms with Gasteiger partial charge in [0, 0.05) is 6.42 Å². The number of carbonyl (C=O) groups excluding carboxylic acids is 1. The van der Waals surface area contributed by atoms with Crippen LogP contribution in [0.3, 0.4) is 0 Å². The predicted octanol–water partition coefficient (Wildman–Crippen LogP) is 3.66. The largest absolute Gasteiger partial charge is 0.294 e. The maximum absolute atomic E-state index is 13.5. The van der Waals surface area contributed by atoms with Crippen LogP contribution in [0.4, 0.5) is 4.39 Å². The lowest BCUT2D eigenvalue weighted by Crippen LogP contribution is -2.11. The van der Waals surface area contributed by atoms with E-state index in [0.717, 1.165) is 6.42 Å². The smallest absolute Gasteiger partial charge is 0.166 e. The van der Waals surface area contributed by atoms with E-state index in [4.69, 9.17) is 11.6 Å². The van der Waals surface area contributed by atoms with Crippen molar-refractivity contribution in [3.8, 4) is 0 Å². The molecule has 0 aliphatic heterocycles. The van der Waals surface area contributed by atoms with E-state index in [-0.39, 0.29) is 16.4 Å². The normalized spacial score (nSPS) is 19.5. The average Bonchev–Trinajstić information content (AvgIpc) is 2.16. The van der Waals surface area contributed by atoms with E-state index in [1.54, 1.807) is 0 Å². The Morgan fingerprint density at radius 3 is 2.71 bits per heavy atom. The monoisotopic (exact) mass is 214 g/mol. The molecule has 1 nitrogen and oxygen atoms in total. The summed E-state index contributed by atoms with van der Waals surface area (Å²) in [4.78, 5) is 11.5. The molecule has 3 heteroatoms. The van der Waals surface area contributed by atoms with Gasteiger partial charge in [-0.25, -0.2) is 4.39 Å². The van der Waals surface area contributed by atoms with Crippen molar-refractivity contribution in [1.82, 2.24) is 0 Å². The van der Waals surface area contributed by atoms with Gasteiger partial charge in [-0.15, -0.1) is 0 Å². The summed E-state index contributed by atoms with van der Waals surface area (Å²) in [6.45, 7) is 5.01. The Morgan fingerprint density at radius 2 is 2.21 bits per heavy atom. The van der Waals surface area contributed by atoms with Gasteiger partial charge in [0.2, 0.25) is 0 Å². The van der Waals surface area contributed by atoms with E-state index >= 15 is 0 Å². The van der Waals surface area contributed by atoms with Gasteiger partial charge in [-0.1, -0.05) is 24.3 Å². The van der Waals surface area contributed by atoms with Crippen LogP contribution in [0.2, 0.25) is 0 Å². The molecule has 0 radical (unpaired) electrons. The van der Waals surface area contributed by atoms with Gasteiger partial charge in [0.05, 0.1) is 10.6 Å². The molecule has 0 aromatic carbocycles. The predicted molar refractivity (Wildman–Crippen MR) is 55.7 cm³/mol. The summed E-state index contributed by atoms with van der Waals surface area (Å²) in [7, 11) is 0. The number of allylic oxidation sites excluding steroid dienone is 5. The van der Waals surface area contributed by atoms with Crippen molar-refractivity contribution in [3.05, 3.63) is 34.7 Å². The molecule has 0 heterocycles. The van der Waals surface area contributed by atoms with Gasteiger partial charge < -0.3 is 0 Å². The van der Waals surface area contributed by atoms with Crippen molar-refractivity contribution < 1.29 is 9.18 Å². The number of hydrogen-bond acceptors (Lipinski definition) is 1. The summed E-state index contributed by atoms with van der Waals surface area (Å²) in [6, 6.07) is 0. The minimum atomic E-state index is -0.605. The van der Waals surface area contributed by atoms with Gasteiger partial charge in [0.25, 0.3) is 0 Å². The first-order chi connectivity index (χ1) is 6.57. The van der Waals surface area contributed by atoms with E-state index in [9.17, 15) is 9.18 Å². The van der Waals surface area contributed by atoms with Crippen molar-refractivity contribution in [2.75, 3.05) is 0 Å². The third-order valence-corrected chi connectivity index (χ3v) is 2.38. The van der Waals surface area contributed by atoms with Crippen molar-refractivity contribution in [2.45, 2.75) is 26.2 Å². The summed E-state index contributed by atoms with van der Waals surface area (Å²) in [6.07, 6.45) is 3.39. The molecule has 0 fully saturated rings. The van der Waals surface area contributed by atoms with Crippen molar-refractivity contribution in [2.24, 2.45) is 0 Å². The molecule has 0 bridgehead atoms. The van der Waals surface area contributed by atoms with Gasteiger partial charge in [0.1, 0.15) is 5.83 Å². The minimum absolute atomic E-state index is 0.0228. The van der Waals surface area contributed by atoms with E-state index < -0.39 is 5.83 Å². The first-order valence-electron chi connectivity index (χ1n) is 4.49. The van der Waals surface area contributed by atoms with E-state index in [2.05, 4.69) is 6.58 Å². The van der Waals surface area contributed by atoms with E-state index in [1.165, 1.54) is 13.0 Å². The summed E-state index contributed by atoms with van der Waals surface area (Å²) < 4.78 is 13.5. The molecule has 0 saturated heterocycles. The minimum Gasteiger partial charge on any atom is -0.294 e. The number of hydrogen-bond donors (Lipinski definition) is 0. The Bertz CT molecular complexity index is 335. The standard InChI is InChI=1S/C11H12ClFO/c1-3-8-5-4-6-9(14)10(8)11(13)7(2)12/h3H,1,4-6H2,2H3/b11-7-. The maximum Gasteiger partial charge on any atom is 0.166 e. The van der Waals surface area contributed by atoms with E-state index in [0.29, 0.717) is 18.4 Å². The third kappa shape index (κ3) is 2.13. The second kappa shape index (κ2) is 4.56. The fraction of sp³-hybridized carbons (Fsp3) is 0.364. The number of rotatable bonds is 2. The maximum atomic E-state index is 13.5. The lowest BCUT2D eigenvalue weighted by atomic mass is 9.90. The van der Waals surface area contributed by atoms with Crippen LogP contribution in [0, 0.1) is 0 Å². The average molecular weight is 215 g/mol. The summed E-state index contributed by atoms with van der Waals surface area (Å²) in [5.74, 6) is -0.782. The van der Waals surface area contributed by atoms with Crippen molar-refractivity contribution in [1.29, 1.82) is 0 Å². The zero-order chi connectivity index (χ0) is 10.7. The van der Waals surface area contributed by atoms with E-state index in [1.807, 2.05) is 0 Å². The van der Waals surface area contributed by atoms with Crippen LogP contribution in [-0.4, -0.2) is 5.78 Å². The molecule has 0 atom stereocenters. The summed E-state index contributed by atoms with van der Waals surface area (Å²) in [5.41, 5.74) is 0.789. The lowest BCUT2D eigenvalue weighted by Gasteiger charge is -2.15. The fourth-order valence-electron chi connectivity index (χ4n) is 1.51. The van der Waals surface area contributed by atoms with Gasteiger partial charge in [0.15, 0.2) is 5.78 Å². The summed E-state index contributed by atoms with van der Waals surface area (Å²) in [5, 5.41) is 0.0228. The van der Waals surface area contributed by atoms with Crippen LogP contribution >= 0.6 is 11.6 Å². The van der Waals surface area contributed by atoms with Crippen molar-refractivity contribution >= 4 is 17.4 Å². The molecule has 0 N–H and O–H groups in total. The first kappa shape index (κ1) is 11.2. The van der Waals surface area contributed by atoms with Crippen LogP contribution < -0.4 is 0 Å². The molecular formula is C11H12ClFO. The Kier molecular flexibility index (Phi) is 3.64. The van der Waals surface area contributed by atoms with Crippen LogP contribution in [-0.2, 0) is 4.79 Å². The molecule has 0 amide bonds. The number of Topliss-reactive ketones (excluding diaryl/α,β-unsaturated/α-hetero) is 1. The van der Waals surface area contributed by atoms with Crippen molar-refractivity contribution in [3.63, 3.8) is 0 Å². The van der Waals surface area contributed by atoms with Crippen LogP contribution in [0.5, 0.6) is 0 Å².